The Bertz CT molecular complexity index is 2110. The van der Waals surface area contributed by atoms with Gasteiger partial charge < -0.3 is 10.6 Å². The number of amides is 2. The molecule has 8 nitrogen and oxygen atoms in total. The second kappa shape index (κ2) is 14.6. The molecule has 0 atom stereocenters. The minimum atomic E-state index is -0.152. The zero-order valence-corrected chi connectivity index (χ0v) is 30.8. The van der Waals surface area contributed by atoms with Crippen molar-refractivity contribution < 1.29 is 9.59 Å². The molecule has 0 saturated carbocycles. The third-order valence-electron chi connectivity index (χ3n) is 7.91. The van der Waals surface area contributed by atoms with E-state index in [1.807, 2.05) is 73.9 Å². The topological polar surface area (TPSA) is 102 Å². The maximum atomic E-state index is 13.1. The van der Waals surface area contributed by atoms with Gasteiger partial charge in [0.05, 0.1) is 21.7 Å². The number of carbonyl (C=O) groups excluding carboxylic acids is 2. The molecule has 0 bridgehead atoms. The van der Waals surface area contributed by atoms with Crippen LogP contribution in [-0.4, -0.2) is 43.1 Å². The molecule has 0 aliphatic rings. The molecule has 6 aromatic rings. The molecule has 2 heterocycles. The molecule has 4 aromatic carbocycles. The molecule has 0 aliphatic carbocycles. The average Bonchev–Trinajstić information content (AvgIpc) is 3.68. The molecule has 0 radical (unpaired) electrons. The van der Waals surface area contributed by atoms with Gasteiger partial charge in [-0.25, -0.2) is 4.98 Å². The van der Waals surface area contributed by atoms with Gasteiger partial charge in [-0.15, -0.1) is 21.5 Å². The van der Waals surface area contributed by atoms with Gasteiger partial charge in [0.2, 0.25) is 11.8 Å². The Morgan fingerprint density at radius 2 is 1.47 bits per heavy atom. The summed E-state index contributed by atoms with van der Waals surface area (Å²) in [5, 5.41) is 15.7. The highest BCUT2D eigenvalue weighted by Crippen LogP contribution is 2.33. The number of hydrogen-bond donors (Lipinski definition) is 2. The van der Waals surface area contributed by atoms with E-state index < -0.39 is 0 Å². The average molecular weight is 707 g/mol. The summed E-state index contributed by atoms with van der Waals surface area (Å²) >= 11 is 4.24. The first-order chi connectivity index (χ1) is 23.4. The molecule has 0 spiro atoms. The van der Waals surface area contributed by atoms with Crippen molar-refractivity contribution in [2.75, 3.05) is 22.1 Å². The van der Waals surface area contributed by atoms with Gasteiger partial charge in [-0.3, -0.25) is 14.2 Å². The van der Waals surface area contributed by atoms with Crippen LogP contribution in [0.15, 0.2) is 94.4 Å². The van der Waals surface area contributed by atoms with Crippen LogP contribution < -0.4 is 10.6 Å². The molecule has 0 fully saturated rings. The standard InChI is InChI=1S/C38H38N6O2S3/c1-23-18-24(2)34(25(3)19-23)41-33(46)22-48-37-40-30-17-16-28(20-31(30)49-37)39-32(45)21-47-36-43-42-35(44(36)29-10-8-7-9-11-29)26-12-14-27(15-13-26)38(4,5)6/h7-20H,21-22H2,1-6H3,(H,39,45)(H,41,46). The van der Waals surface area contributed by atoms with Crippen LogP contribution in [-0.2, 0) is 15.0 Å². The smallest absolute Gasteiger partial charge is 0.234 e. The summed E-state index contributed by atoms with van der Waals surface area (Å²) in [5.74, 6) is 0.908. The van der Waals surface area contributed by atoms with Crippen LogP contribution in [0.1, 0.15) is 43.0 Å². The predicted octanol–water partition coefficient (Wildman–Crippen LogP) is 9.23. The predicted molar refractivity (Wildman–Crippen MR) is 204 cm³/mol. The van der Waals surface area contributed by atoms with Crippen LogP contribution in [0.2, 0.25) is 0 Å². The monoisotopic (exact) mass is 706 g/mol. The molecular weight excluding hydrogens is 669 g/mol. The Morgan fingerprint density at radius 3 is 2.16 bits per heavy atom. The first-order valence-electron chi connectivity index (χ1n) is 15.9. The van der Waals surface area contributed by atoms with Gasteiger partial charge >= 0.3 is 0 Å². The lowest BCUT2D eigenvalue weighted by Crippen LogP contribution is -2.15. The van der Waals surface area contributed by atoms with Crippen LogP contribution in [0.25, 0.3) is 27.3 Å². The lowest BCUT2D eigenvalue weighted by Gasteiger charge is -2.19. The van der Waals surface area contributed by atoms with Crippen molar-refractivity contribution in [2.24, 2.45) is 0 Å². The highest BCUT2D eigenvalue weighted by molar-refractivity contribution is 8.01. The van der Waals surface area contributed by atoms with E-state index >= 15 is 0 Å². The number of aryl methyl sites for hydroxylation is 3. The van der Waals surface area contributed by atoms with Crippen molar-refractivity contribution >= 4 is 68.3 Å². The van der Waals surface area contributed by atoms with Crippen molar-refractivity contribution in [3.05, 3.63) is 107 Å². The number of aromatic nitrogens is 4. The van der Waals surface area contributed by atoms with Gasteiger partial charge in [-0.2, -0.15) is 0 Å². The number of thioether (sulfide) groups is 2. The summed E-state index contributed by atoms with van der Waals surface area (Å²) in [6.45, 7) is 12.6. The number of rotatable bonds is 10. The summed E-state index contributed by atoms with van der Waals surface area (Å²) in [7, 11) is 0. The fourth-order valence-corrected chi connectivity index (χ4v) is 8.19. The van der Waals surface area contributed by atoms with E-state index in [-0.39, 0.29) is 28.7 Å². The molecule has 0 aliphatic heterocycles. The summed E-state index contributed by atoms with van der Waals surface area (Å²) in [6.07, 6.45) is 0. The molecule has 2 amide bonds. The number of para-hydroxylation sites is 1. The molecule has 6 rings (SSSR count). The molecule has 11 heteroatoms. The third kappa shape index (κ3) is 8.24. The fraction of sp³-hybridized carbons (Fsp3) is 0.237. The lowest BCUT2D eigenvalue weighted by molar-refractivity contribution is -0.114. The molecule has 2 aromatic heterocycles. The number of hydrogen-bond acceptors (Lipinski definition) is 8. The van der Waals surface area contributed by atoms with E-state index in [4.69, 9.17) is 0 Å². The number of carbonyl (C=O) groups is 2. The number of nitrogens with zero attached hydrogens (tertiary/aromatic N) is 4. The van der Waals surface area contributed by atoms with E-state index in [2.05, 4.69) is 83.0 Å². The van der Waals surface area contributed by atoms with Crippen molar-refractivity contribution in [3.63, 3.8) is 0 Å². The second-order valence-corrected chi connectivity index (χ2v) is 16.1. The SMILES string of the molecule is Cc1cc(C)c(NC(=O)CSc2nc3ccc(NC(=O)CSc4nnc(-c5ccc(C(C)(C)C)cc5)n4-c4ccccc4)cc3s2)c(C)c1. The van der Waals surface area contributed by atoms with Gasteiger partial charge in [0, 0.05) is 22.6 Å². The first kappa shape index (κ1) is 34.4. The number of anilines is 2. The summed E-state index contributed by atoms with van der Waals surface area (Å²) in [5.41, 5.74) is 8.81. The Morgan fingerprint density at radius 1 is 0.796 bits per heavy atom. The van der Waals surface area contributed by atoms with E-state index in [1.165, 1.54) is 46.0 Å². The van der Waals surface area contributed by atoms with Gasteiger partial charge in [0.1, 0.15) is 0 Å². The van der Waals surface area contributed by atoms with Crippen molar-refractivity contribution in [1.82, 2.24) is 19.7 Å². The van der Waals surface area contributed by atoms with Crippen molar-refractivity contribution in [2.45, 2.75) is 56.5 Å². The van der Waals surface area contributed by atoms with Gasteiger partial charge in [-0.1, -0.05) is 104 Å². The normalized spacial score (nSPS) is 11.6. The largest absolute Gasteiger partial charge is 0.325 e. The molecule has 250 valence electrons. The highest BCUT2D eigenvalue weighted by atomic mass is 32.2. The van der Waals surface area contributed by atoms with E-state index in [0.717, 1.165) is 48.4 Å². The maximum absolute atomic E-state index is 13.1. The Hall–Kier alpha value is -4.45. The Kier molecular flexibility index (Phi) is 10.2. The quantitative estimate of drug-likeness (QED) is 0.137. The zero-order chi connectivity index (χ0) is 34.7. The zero-order valence-electron chi connectivity index (χ0n) is 28.3. The summed E-state index contributed by atoms with van der Waals surface area (Å²) in [6, 6.07) is 28.2. The minimum absolute atomic E-state index is 0.0463. The van der Waals surface area contributed by atoms with Crippen LogP contribution in [0.3, 0.4) is 0 Å². The number of nitrogens with one attached hydrogen (secondary N) is 2. The highest BCUT2D eigenvalue weighted by Gasteiger charge is 2.19. The minimum Gasteiger partial charge on any atom is -0.325 e. The van der Waals surface area contributed by atoms with Gasteiger partial charge in [0.15, 0.2) is 15.3 Å². The van der Waals surface area contributed by atoms with E-state index in [0.29, 0.717) is 10.8 Å². The lowest BCUT2D eigenvalue weighted by atomic mass is 9.87. The van der Waals surface area contributed by atoms with Crippen LogP contribution in [0, 0.1) is 20.8 Å². The second-order valence-electron chi connectivity index (χ2n) is 12.9. The van der Waals surface area contributed by atoms with E-state index in [9.17, 15) is 9.59 Å². The molecular formula is C38H38N6O2S3. The number of thiazole rings is 1. The Labute approximate surface area is 299 Å². The fourth-order valence-electron chi connectivity index (χ4n) is 5.53. The van der Waals surface area contributed by atoms with Crippen LogP contribution >= 0.6 is 34.9 Å². The Balaban J connectivity index is 1.10. The third-order valence-corrected chi connectivity index (χ3v) is 11.0. The van der Waals surface area contributed by atoms with E-state index in [1.54, 1.807) is 0 Å². The maximum Gasteiger partial charge on any atom is 0.234 e. The van der Waals surface area contributed by atoms with Crippen LogP contribution in [0.4, 0.5) is 11.4 Å². The van der Waals surface area contributed by atoms with Crippen LogP contribution in [0.5, 0.6) is 0 Å². The first-order valence-corrected chi connectivity index (χ1v) is 18.7. The van der Waals surface area contributed by atoms with Gasteiger partial charge in [-0.05, 0) is 73.2 Å². The number of benzene rings is 4. The van der Waals surface area contributed by atoms with Crippen molar-refractivity contribution in [3.8, 4) is 17.1 Å². The molecule has 49 heavy (non-hydrogen) atoms. The molecule has 0 saturated heterocycles. The van der Waals surface area contributed by atoms with Gasteiger partial charge in [0.25, 0.3) is 0 Å². The molecule has 2 N–H and O–H groups in total. The summed E-state index contributed by atoms with van der Waals surface area (Å²) < 4.78 is 3.73. The summed E-state index contributed by atoms with van der Waals surface area (Å²) in [4.78, 5) is 30.5. The van der Waals surface area contributed by atoms with Crippen molar-refractivity contribution in [1.29, 1.82) is 0 Å². The number of fused-ring (bicyclic) bond motifs is 1. The molecule has 0 unspecified atom stereocenters.